The normalized spacial score (nSPS) is 11.8. The number of anilines is 1. The van der Waals surface area contributed by atoms with E-state index in [1.807, 2.05) is 0 Å². The van der Waals surface area contributed by atoms with Gasteiger partial charge in [-0.05, 0) is 31.2 Å². The number of nitrogens with one attached hydrogen (secondary N) is 1. The van der Waals surface area contributed by atoms with Crippen molar-refractivity contribution in [1.29, 1.82) is 0 Å². The molecule has 1 heterocycles. The third-order valence-corrected chi connectivity index (χ3v) is 3.99. The quantitative estimate of drug-likeness (QED) is 0.762. The van der Waals surface area contributed by atoms with Crippen molar-refractivity contribution in [2.45, 2.75) is 13.0 Å². The van der Waals surface area contributed by atoms with Crippen LogP contribution in [-0.2, 0) is 4.79 Å². The molecule has 1 amide bonds. The van der Waals surface area contributed by atoms with Gasteiger partial charge in [-0.1, -0.05) is 35.9 Å². The highest BCUT2D eigenvalue weighted by Gasteiger charge is 2.19. The van der Waals surface area contributed by atoms with Crippen molar-refractivity contribution in [3.05, 3.63) is 76.1 Å². The molecule has 1 N–H and O–H groups in total. The van der Waals surface area contributed by atoms with Gasteiger partial charge in [0.1, 0.15) is 11.9 Å². The van der Waals surface area contributed by atoms with E-state index in [0.717, 1.165) is 4.68 Å². The Hall–Kier alpha value is -3.06. The first-order chi connectivity index (χ1) is 12.5. The summed E-state index contributed by atoms with van der Waals surface area (Å²) >= 11 is 5.84. The van der Waals surface area contributed by atoms with Gasteiger partial charge < -0.3 is 5.32 Å². The molecular weight excluding hydrogens is 359 g/mol. The van der Waals surface area contributed by atoms with E-state index in [4.69, 9.17) is 11.6 Å². The van der Waals surface area contributed by atoms with Crippen LogP contribution < -0.4 is 11.0 Å². The smallest absolute Gasteiger partial charge is 0.322 e. The van der Waals surface area contributed by atoms with Crippen molar-refractivity contribution in [3.63, 3.8) is 0 Å². The Morgan fingerprint density at radius 1 is 1.19 bits per heavy atom. The molecule has 3 rings (SSSR count). The van der Waals surface area contributed by atoms with Crippen molar-refractivity contribution < 1.29 is 9.18 Å². The second-order valence-electron chi connectivity index (χ2n) is 5.52. The minimum Gasteiger partial charge on any atom is -0.322 e. The Balaban J connectivity index is 1.82. The maximum absolute atomic E-state index is 13.6. The van der Waals surface area contributed by atoms with E-state index in [1.54, 1.807) is 30.3 Å². The van der Waals surface area contributed by atoms with Crippen molar-refractivity contribution in [1.82, 2.24) is 14.8 Å². The SMILES string of the molecule is C[C@H](C(=O)Nc1ccccc1F)n1ncc(-c2ccc(Cl)cc2)nc1=O. The average Bonchev–Trinajstić information content (AvgIpc) is 2.63. The van der Waals surface area contributed by atoms with Crippen LogP contribution in [0.5, 0.6) is 0 Å². The summed E-state index contributed by atoms with van der Waals surface area (Å²) in [6, 6.07) is 11.6. The largest absolute Gasteiger partial charge is 0.365 e. The molecule has 1 aromatic heterocycles. The van der Waals surface area contributed by atoms with Gasteiger partial charge in [0.05, 0.1) is 17.6 Å². The van der Waals surface area contributed by atoms with Gasteiger partial charge in [0, 0.05) is 10.6 Å². The summed E-state index contributed by atoms with van der Waals surface area (Å²) in [5, 5.41) is 7.01. The molecule has 132 valence electrons. The predicted molar refractivity (Wildman–Crippen MR) is 96.5 cm³/mol. The Morgan fingerprint density at radius 3 is 2.54 bits per heavy atom. The van der Waals surface area contributed by atoms with Crippen molar-refractivity contribution in [2.24, 2.45) is 0 Å². The molecule has 1 atom stereocenters. The maximum atomic E-state index is 13.6. The lowest BCUT2D eigenvalue weighted by atomic mass is 10.2. The number of aromatic nitrogens is 3. The Morgan fingerprint density at radius 2 is 1.88 bits per heavy atom. The number of benzene rings is 2. The molecule has 6 nitrogen and oxygen atoms in total. The Bertz CT molecular complexity index is 1000. The number of rotatable bonds is 4. The molecule has 0 unspecified atom stereocenters. The zero-order valence-electron chi connectivity index (χ0n) is 13.7. The lowest BCUT2D eigenvalue weighted by molar-refractivity contribution is -0.119. The molecule has 8 heteroatoms. The van der Waals surface area contributed by atoms with Crippen molar-refractivity contribution in [2.75, 3.05) is 5.32 Å². The number of hydrogen-bond donors (Lipinski definition) is 1. The van der Waals surface area contributed by atoms with Gasteiger partial charge in [-0.3, -0.25) is 4.79 Å². The molecule has 0 saturated carbocycles. The first-order valence-corrected chi connectivity index (χ1v) is 8.10. The second kappa shape index (κ2) is 7.45. The van der Waals surface area contributed by atoms with E-state index in [0.29, 0.717) is 16.3 Å². The van der Waals surface area contributed by atoms with E-state index in [9.17, 15) is 14.0 Å². The molecule has 2 aromatic carbocycles. The topological polar surface area (TPSA) is 76.9 Å². The van der Waals surface area contributed by atoms with E-state index in [1.165, 1.54) is 31.3 Å². The molecule has 0 aliphatic rings. The molecule has 3 aromatic rings. The van der Waals surface area contributed by atoms with E-state index in [-0.39, 0.29) is 5.69 Å². The molecule has 0 aliphatic heterocycles. The zero-order valence-corrected chi connectivity index (χ0v) is 14.4. The van der Waals surface area contributed by atoms with Gasteiger partial charge in [0.2, 0.25) is 5.91 Å². The lowest BCUT2D eigenvalue weighted by Gasteiger charge is -2.14. The summed E-state index contributed by atoms with van der Waals surface area (Å²) in [5.41, 5.74) is 0.385. The number of nitrogens with zero attached hydrogens (tertiary/aromatic N) is 3. The molecule has 0 radical (unpaired) electrons. The molecular formula is C18H14ClFN4O2. The first-order valence-electron chi connectivity index (χ1n) is 7.73. The second-order valence-corrected chi connectivity index (χ2v) is 5.96. The van der Waals surface area contributed by atoms with Gasteiger partial charge in [0.25, 0.3) is 0 Å². The van der Waals surface area contributed by atoms with E-state index in [2.05, 4.69) is 15.4 Å². The third kappa shape index (κ3) is 3.78. The van der Waals surface area contributed by atoms with Gasteiger partial charge >= 0.3 is 5.69 Å². The minimum absolute atomic E-state index is 0.0307. The zero-order chi connectivity index (χ0) is 18.7. The monoisotopic (exact) mass is 372 g/mol. The summed E-state index contributed by atoms with van der Waals surface area (Å²) in [6.45, 7) is 1.48. The van der Waals surface area contributed by atoms with Crippen LogP contribution in [0, 0.1) is 5.82 Å². The molecule has 0 fully saturated rings. The van der Waals surface area contributed by atoms with Crippen molar-refractivity contribution in [3.8, 4) is 11.3 Å². The highest BCUT2D eigenvalue weighted by molar-refractivity contribution is 6.30. The van der Waals surface area contributed by atoms with Gasteiger partial charge in [0.15, 0.2) is 0 Å². The molecule has 0 saturated heterocycles. The Labute approximate surface area is 153 Å². The van der Waals surface area contributed by atoms with Crippen LogP contribution >= 0.6 is 11.6 Å². The summed E-state index contributed by atoms with van der Waals surface area (Å²) in [5.74, 6) is -1.14. The van der Waals surface area contributed by atoms with Crippen LogP contribution in [0.25, 0.3) is 11.3 Å². The Kier molecular flexibility index (Phi) is 5.09. The number of hydrogen-bond acceptors (Lipinski definition) is 4. The van der Waals surface area contributed by atoms with Crippen LogP contribution in [0.2, 0.25) is 5.02 Å². The van der Waals surface area contributed by atoms with E-state index < -0.39 is 23.5 Å². The third-order valence-electron chi connectivity index (χ3n) is 3.73. The highest BCUT2D eigenvalue weighted by Crippen LogP contribution is 2.18. The molecule has 0 bridgehead atoms. The number of halogens is 2. The highest BCUT2D eigenvalue weighted by atomic mass is 35.5. The molecule has 26 heavy (non-hydrogen) atoms. The fourth-order valence-electron chi connectivity index (χ4n) is 2.29. The lowest BCUT2D eigenvalue weighted by Crippen LogP contribution is -2.35. The van der Waals surface area contributed by atoms with Crippen LogP contribution in [0.3, 0.4) is 0 Å². The summed E-state index contributed by atoms with van der Waals surface area (Å²) in [7, 11) is 0. The summed E-state index contributed by atoms with van der Waals surface area (Å²) in [4.78, 5) is 28.5. The van der Waals surface area contributed by atoms with E-state index >= 15 is 0 Å². The minimum atomic E-state index is -0.964. The van der Waals surface area contributed by atoms with Crippen LogP contribution in [0.4, 0.5) is 10.1 Å². The standard InChI is InChI=1S/C18H14ClFN4O2/c1-11(17(25)22-15-5-3-2-4-14(15)20)24-18(26)23-16(10-21-24)12-6-8-13(19)9-7-12/h2-11H,1H3,(H,22,25)/t11-/m1/s1. The van der Waals surface area contributed by atoms with Crippen LogP contribution in [-0.4, -0.2) is 20.7 Å². The van der Waals surface area contributed by atoms with Gasteiger partial charge in [-0.25, -0.2) is 13.9 Å². The number of para-hydroxylation sites is 1. The molecule has 0 spiro atoms. The first kappa shape index (κ1) is 17.8. The van der Waals surface area contributed by atoms with Crippen molar-refractivity contribution >= 4 is 23.2 Å². The average molecular weight is 373 g/mol. The summed E-state index contributed by atoms with van der Waals surface area (Å²) < 4.78 is 14.6. The number of carbonyl (C=O) groups excluding carboxylic acids is 1. The fourth-order valence-corrected chi connectivity index (χ4v) is 2.41. The summed E-state index contributed by atoms with van der Waals surface area (Å²) in [6.07, 6.45) is 1.39. The van der Waals surface area contributed by atoms with Gasteiger partial charge in [-0.15, -0.1) is 0 Å². The number of amides is 1. The van der Waals surface area contributed by atoms with Crippen LogP contribution in [0.15, 0.2) is 59.5 Å². The van der Waals surface area contributed by atoms with Crippen LogP contribution in [0.1, 0.15) is 13.0 Å². The molecule has 0 aliphatic carbocycles. The number of carbonyl (C=O) groups is 1. The fraction of sp³-hybridized carbons (Fsp3) is 0.111. The maximum Gasteiger partial charge on any atom is 0.365 e. The predicted octanol–water partition coefficient (Wildman–Crippen LogP) is 3.30. The van der Waals surface area contributed by atoms with Gasteiger partial charge in [-0.2, -0.15) is 10.1 Å².